The van der Waals surface area contributed by atoms with E-state index in [2.05, 4.69) is 10.3 Å². The standard InChI is InChI=1S/C17H15ClN2OS2/c1-11(12-6-8-13(18)9-7-12)19-16(21)10-22-17-20-14-4-2-3-5-15(14)23-17/h2-9,11H,10H2,1H3,(H,19,21). The predicted molar refractivity (Wildman–Crippen MR) is 98.4 cm³/mol. The fourth-order valence-electron chi connectivity index (χ4n) is 2.16. The number of carbonyl (C=O) groups excluding carboxylic acids is 1. The third-order valence-electron chi connectivity index (χ3n) is 3.35. The minimum atomic E-state index is -0.0456. The van der Waals surface area contributed by atoms with Crippen LogP contribution in [0.5, 0.6) is 0 Å². The molecule has 0 spiro atoms. The van der Waals surface area contributed by atoms with E-state index in [1.165, 1.54) is 11.8 Å². The van der Waals surface area contributed by atoms with Crippen molar-refractivity contribution in [3.8, 4) is 0 Å². The first-order chi connectivity index (χ1) is 11.1. The van der Waals surface area contributed by atoms with Crippen molar-refractivity contribution >= 4 is 50.8 Å². The number of rotatable bonds is 5. The molecule has 118 valence electrons. The molecule has 1 amide bonds. The van der Waals surface area contributed by atoms with E-state index in [0.29, 0.717) is 10.8 Å². The third kappa shape index (κ3) is 4.25. The van der Waals surface area contributed by atoms with E-state index in [-0.39, 0.29) is 11.9 Å². The molecule has 1 aromatic heterocycles. The SMILES string of the molecule is CC(NC(=O)CSc1nc2ccccc2s1)c1ccc(Cl)cc1. The topological polar surface area (TPSA) is 42.0 Å². The van der Waals surface area contributed by atoms with Gasteiger partial charge in [0.15, 0.2) is 4.34 Å². The lowest BCUT2D eigenvalue weighted by molar-refractivity contribution is -0.119. The molecule has 3 aromatic rings. The van der Waals surface area contributed by atoms with Gasteiger partial charge in [0.05, 0.1) is 22.0 Å². The summed E-state index contributed by atoms with van der Waals surface area (Å²) in [6.07, 6.45) is 0. The maximum atomic E-state index is 12.1. The Labute approximate surface area is 148 Å². The van der Waals surface area contributed by atoms with Crippen LogP contribution in [-0.2, 0) is 4.79 Å². The van der Waals surface area contributed by atoms with Gasteiger partial charge in [-0.1, -0.05) is 47.6 Å². The van der Waals surface area contributed by atoms with Crippen molar-refractivity contribution in [1.29, 1.82) is 0 Å². The number of hydrogen-bond acceptors (Lipinski definition) is 4. The van der Waals surface area contributed by atoms with Crippen molar-refractivity contribution in [2.75, 3.05) is 5.75 Å². The highest BCUT2D eigenvalue weighted by Crippen LogP contribution is 2.29. The van der Waals surface area contributed by atoms with Gasteiger partial charge in [0, 0.05) is 5.02 Å². The van der Waals surface area contributed by atoms with E-state index in [9.17, 15) is 4.79 Å². The number of benzene rings is 2. The summed E-state index contributed by atoms with van der Waals surface area (Å²) in [7, 11) is 0. The zero-order valence-corrected chi connectivity index (χ0v) is 14.8. The second kappa shape index (κ2) is 7.34. The van der Waals surface area contributed by atoms with E-state index in [1.54, 1.807) is 11.3 Å². The highest BCUT2D eigenvalue weighted by atomic mass is 35.5. The van der Waals surface area contributed by atoms with Gasteiger partial charge >= 0.3 is 0 Å². The molecule has 1 heterocycles. The van der Waals surface area contributed by atoms with E-state index in [4.69, 9.17) is 11.6 Å². The normalized spacial score (nSPS) is 12.3. The van der Waals surface area contributed by atoms with Crippen molar-refractivity contribution in [1.82, 2.24) is 10.3 Å². The Morgan fingerprint density at radius 2 is 2.00 bits per heavy atom. The molecule has 0 saturated carbocycles. The average molecular weight is 363 g/mol. The van der Waals surface area contributed by atoms with Gasteiger partial charge in [-0.25, -0.2) is 4.98 Å². The summed E-state index contributed by atoms with van der Waals surface area (Å²) >= 11 is 8.96. The van der Waals surface area contributed by atoms with Gasteiger partial charge in [0.2, 0.25) is 5.91 Å². The Hall–Kier alpha value is -1.56. The van der Waals surface area contributed by atoms with Gasteiger partial charge in [-0.15, -0.1) is 11.3 Å². The molecule has 0 aliphatic heterocycles. The number of carbonyl (C=O) groups is 1. The summed E-state index contributed by atoms with van der Waals surface area (Å²) in [5.74, 6) is 0.356. The largest absolute Gasteiger partial charge is 0.349 e. The molecule has 1 N–H and O–H groups in total. The Bertz CT molecular complexity index is 784. The van der Waals surface area contributed by atoms with Crippen LogP contribution in [0.3, 0.4) is 0 Å². The Morgan fingerprint density at radius 3 is 2.74 bits per heavy atom. The molecule has 3 rings (SSSR count). The summed E-state index contributed by atoms with van der Waals surface area (Å²) < 4.78 is 2.06. The molecule has 3 nitrogen and oxygen atoms in total. The fourth-order valence-corrected chi connectivity index (χ4v) is 4.16. The van der Waals surface area contributed by atoms with Crippen molar-refractivity contribution in [2.24, 2.45) is 0 Å². The van der Waals surface area contributed by atoms with Crippen molar-refractivity contribution in [2.45, 2.75) is 17.3 Å². The number of thiazole rings is 1. The van der Waals surface area contributed by atoms with Gasteiger partial charge < -0.3 is 5.32 Å². The van der Waals surface area contributed by atoms with Crippen LogP contribution in [0.2, 0.25) is 5.02 Å². The molecular formula is C17H15ClN2OS2. The van der Waals surface area contributed by atoms with Gasteiger partial charge in [-0.3, -0.25) is 4.79 Å². The molecular weight excluding hydrogens is 348 g/mol. The van der Waals surface area contributed by atoms with E-state index in [0.717, 1.165) is 20.1 Å². The van der Waals surface area contributed by atoms with Crippen LogP contribution in [0.15, 0.2) is 52.9 Å². The number of nitrogens with zero attached hydrogens (tertiary/aromatic N) is 1. The molecule has 0 radical (unpaired) electrons. The Morgan fingerprint density at radius 1 is 1.26 bits per heavy atom. The van der Waals surface area contributed by atoms with Crippen LogP contribution in [0, 0.1) is 0 Å². The Balaban J connectivity index is 1.55. The number of hydrogen-bond donors (Lipinski definition) is 1. The second-order valence-electron chi connectivity index (χ2n) is 5.08. The van der Waals surface area contributed by atoms with Crippen LogP contribution in [0.4, 0.5) is 0 Å². The summed E-state index contributed by atoms with van der Waals surface area (Å²) in [5.41, 5.74) is 2.02. The van der Waals surface area contributed by atoms with Crippen LogP contribution in [0.1, 0.15) is 18.5 Å². The highest BCUT2D eigenvalue weighted by molar-refractivity contribution is 8.01. The van der Waals surface area contributed by atoms with Crippen molar-refractivity contribution in [3.63, 3.8) is 0 Å². The molecule has 0 aliphatic rings. The van der Waals surface area contributed by atoms with E-state index in [1.807, 2.05) is 55.5 Å². The summed E-state index contributed by atoms with van der Waals surface area (Å²) in [6.45, 7) is 1.96. The maximum absolute atomic E-state index is 12.1. The zero-order valence-electron chi connectivity index (χ0n) is 12.5. The van der Waals surface area contributed by atoms with Gasteiger partial charge in [0.25, 0.3) is 0 Å². The number of aromatic nitrogens is 1. The third-order valence-corrected chi connectivity index (χ3v) is 5.78. The van der Waals surface area contributed by atoms with Crippen LogP contribution in [0.25, 0.3) is 10.2 Å². The summed E-state index contributed by atoms with van der Waals surface area (Å²) in [6, 6.07) is 15.5. The fraction of sp³-hybridized carbons (Fsp3) is 0.176. The predicted octanol–water partition coefficient (Wildman–Crippen LogP) is 4.92. The lowest BCUT2D eigenvalue weighted by Gasteiger charge is -2.14. The molecule has 1 atom stereocenters. The minimum absolute atomic E-state index is 0.00305. The molecule has 6 heteroatoms. The summed E-state index contributed by atoms with van der Waals surface area (Å²) in [4.78, 5) is 16.6. The molecule has 0 bridgehead atoms. The number of amides is 1. The molecule has 0 fully saturated rings. The average Bonchev–Trinajstić information content (AvgIpc) is 2.96. The molecule has 1 unspecified atom stereocenters. The molecule has 0 saturated heterocycles. The first-order valence-electron chi connectivity index (χ1n) is 7.15. The van der Waals surface area contributed by atoms with Crippen molar-refractivity contribution < 1.29 is 4.79 Å². The number of para-hydroxylation sites is 1. The highest BCUT2D eigenvalue weighted by Gasteiger charge is 2.11. The monoisotopic (exact) mass is 362 g/mol. The summed E-state index contributed by atoms with van der Waals surface area (Å²) in [5, 5.41) is 3.69. The van der Waals surface area contributed by atoms with Crippen LogP contribution in [-0.4, -0.2) is 16.6 Å². The number of halogens is 1. The lowest BCUT2D eigenvalue weighted by Crippen LogP contribution is -2.28. The van der Waals surface area contributed by atoms with Gasteiger partial charge in [0.1, 0.15) is 0 Å². The van der Waals surface area contributed by atoms with Crippen LogP contribution >= 0.6 is 34.7 Å². The smallest absolute Gasteiger partial charge is 0.230 e. The Kier molecular flexibility index (Phi) is 5.20. The van der Waals surface area contributed by atoms with E-state index < -0.39 is 0 Å². The molecule has 23 heavy (non-hydrogen) atoms. The van der Waals surface area contributed by atoms with E-state index >= 15 is 0 Å². The van der Waals surface area contributed by atoms with Gasteiger partial charge in [-0.05, 0) is 36.8 Å². The number of nitrogens with one attached hydrogen (secondary N) is 1. The molecule has 0 aliphatic carbocycles. The van der Waals surface area contributed by atoms with Crippen LogP contribution < -0.4 is 5.32 Å². The maximum Gasteiger partial charge on any atom is 0.230 e. The first kappa shape index (κ1) is 16.3. The second-order valence-corrected chi connectivity index (χ2v) is 7.77. The van der Waals surface area contributed by atoms with Gasteiger partial charge in [-0.2, -0.15) is 0 Å². The zero-order chi connectivity index (χ0) is 16.2. The van der Waals surface area contributed by atoms with Crippen molar-refractivity contribution in [3.05, 3.63) is 59.1 Å². The number of fused-ring (bicyclic) bond motifs is 1. The quantitative estimate of drug-likeness (QED) is 0.655. The lowest BCUT2D eigenvalue weighted by atomic mass is 10.1. The minimum Gasteiger partial charge on any atom is -0.349 e. The number of thioether (sulfide) groups is 1. The first-order valence-corrected chi connectivity index (χ1v) is 9.33. The molecule has 2 aromatic carbocycles.